The van der Waals surface area contributed by atoms with E-state index in [2.05, 4.69) is 24.1 Å². The molecule has 166 valence electrons. The Labute approximate surface area is 182 Å². The quantitative estimate of drug-likeness (QED) is 0.560. The van der Waals surface area contributed by atoms with Gasteiger partial charge in [-0.15, -0.1) is 13.2 Å². The summed E-state index contributed by atoms with van der Waals surface area (Å²) in [6, 6.07) is 8.74. The van der Waals surface area contributed by atoms with E-state index in [0.717, 1.165) is 28.8 Å². The molecule has 2 aromatic carbocycles. The average molecular weight is 465 g/mol. The Morgan fingerprint density at radius 3 is 2.59 bits per heavy atom. The molecule has 0 saturated carbocycles. The lowest BCUT2D eigenvalue weighted by molar-refractivity contribution is -0.274. The first-order chi connectivity index (χ1) is 15.1. The van der Waals surface area contributed by atoms with E-state index in [1.165, 1.54) is 19.1 Å². The highest BCUT2D eigenvalue weighted by molar-refractivity contribution is 7.00. The molecule has 1 aliphatic rings. The van der Waals surface area contributed by atoms with Gasteiger partial charge in [0.05, 0.1) is 17.4 Å². The molecule has 32 heavy (non-hydrogen) atoms. The number of ether oxygens (including phenoxy) is 1. The fourth-order valence-electron chi connectivity index (χ4n) is 3.27. The van der Waals surface area contributed by atoms with E-state index < -0.39 is 42.0 Å². The van der Waals surface area contributed by atoms with Crippen molar-refractivity contribution < 1.29 is 32.3 Å². The van der Waals surface area contributed by atoms with E-state index in [9.17, 15) is 27.6 Å². The van der Waals surface area contributed by atoms with Gasteiger partial charge in [-0.25, -0.2) is 4.79 Å². The molecular formula is C19H14F3N5O4S. The Kier molecular flexibility index (Phi) is 5.20. The van der Waals surface area contributed by atoms with Crippen molar-refractivity contribution in [3.63, 3.8) is 0 Å². The van der Waals surface area contributed by atoms with E-state index >= 15 is 0 Å². The Hall–Kier alpha value is -3.74. The maximum Gasteiger partial charge on any atom is 0.573 e. The van der Waals surface area contributed by atoms with Gasteiger partial charge in [0, 0.05) is 0 Å². The Bertz CT molecular complexity index is 1210. The molecule has 2 N–H and O–H groups in total. The molecule has 1 fully saturated rings. The molecule has 2 heterocycles. The minimum atomic E-state index is -4.86. The van der Waals surface area contributed by atoms with Crippen LogP contribution in [0.25, 0.3) is 11.0 Å². The summed E-state index contributed by atoms with van der Waals surface area (Å²) in [7, 11) is 0. The van der Waals surface area contributed by atoms with E-state index in [1.807, 2.05) is 0 Å². The first-order valence-electron chi connectivity index (χ1n) is 9.08. The highest BCUT2D eigenvalue weighted by Gasteiger charge is 2.49. The van der Waals surface area contributed by atoms with Crippen molar-refractivity contribution in [2.75, 3.05) is 11.9 Å². The van der Waals surface area contributed by atoms with Crippen molar-refractivity contribution in [3.8, 4) is 5.75 Å². The van der Waals surface area contributed by atoms with Crippen molar-refractivity contribution in [2.45, 2.75) is 18.8 Å². The van der Waals surface area contributed by atoms with E-state index in [-0.39, 0.29) is 5.56 Å². The van der Waals surface area contributed by atoms with Crippen molar-refractivity contribution in [1.82, 2.24) is 19.0 Å². The van der Waals surface area contributed by atoms with Gasteiger partial charge in [0.15, 0.2) is 0 Å². The number of rotatable bonds is 5. The molecule has 13 heteroatoms. The van der Waals surface area contributed by atoms with Gasteiger partial charge in [-0.05, 0) is 36.8 Å². The number of fused-ring (bicyclic) bond motifs is 1. The number of carbonyl (C=O) groups excluding carboxylic acids is 3. The molecule has 4 amide bonds. The number of amides is 4. The molecule has 0 radical (unpaired) electrons. The van der Waals surface area contributed by atoms with Gasteiger partial charge in [-0.3, -0.25) is 14.5 Å². The molecule has 1 saturated heterocycles. The van der Waals surface area contributed by atoms with Crippen LogP contribution in [-0.2, 0) is 15.1 Å². The number of anilines is 1. The van der Waals surface area contributed by atoms with Gasteiger partial charge in [0.25, 0.3) is 5.91 Å². The van der Waals surface area contributed by atoms with Crippen LogP contribution in [0.2, 0.25) is 0 Å². The maximum atomic E-state index is 12.9. The van der Waals surface area contributed by atoms with Gasteiger partial charge >= 0.3 is 12.4 Å². The number of benzene rings is 2. The van der Waals surface area contributed by atoms with Crippen molar-refractivity contribution in [2.24, 2.45) is 0 Å². The topological polar surface area (TPSA) is 114 Å². The van der Waals surface area contributed by atoms with Gasteiger partial charge in [-0.1, -0.05) is 18.2 Å². The number of halogens is 3. The zero-order valence-corrected chi connectivity index (χ0v) is 17.1. The minimum absolute atomic E-state index is 0.228. The van der Waals surface area contributed by atoms with Crippen LogP contribution in [-0.4, -0.2) is 44.4 Å². The smallest absolute Gasteiger partial charge is 0.406 e. The molecule has 1 unspecified atom stereocenters. The van der Waals surface area contributed by atoms with Crippen LogP contribution in [0.1, 0.15) is 12.5 Å². The second kappa shape index (κ2) is 7.75. The third-order valence-electron chi connectivity index (χ3n) is 4.80. The number of alkyl halides is 3. The Balaban J connectivity index is 1.48. The second-order valence-electron chi connectivity index (χ2n) is 7.00. The van der Waals surface area contributed by atoms with Crippen molar-refractivity contribution >= 4 is 46.3 Å². The van der Waals surface area contributed by atoms with Crippen LogP contribution >= 0.6 is 11.7 Å². The summed E-state index contributed by atoms with van der Waals surface area (Å²) in [6.07, 6.45) is -4.86. The largest absolute Gasteiger partial charge is 0.573 e. The van der Waals surface area contributed by atoms with Gasteiger partial charge in [-0.2, -0.15) is 8.75 Å². The zero-order chi connectivity index (χ0) is 23.1. The van der Waals surface area contributed by atoms with Crippen molar-refractivity contribution in [3.05, 3.63) is 48.0 Å². The summed E-state index contributed by atoms with van der Waals surface area (Å²) >= 11 is 0.978. The normalized spacial score (nSPS) is 18.7. The lowest BCUT2D eigenvalue weighted by Crippen LogP contribution is -2.42. The van der Waals surface area contributed by atoms with Crippen LogP contribution < -0.4 is 15.4 Å². The SMILES string of the molecule is CC1(c2ccc(OC(F)(F)F)cc2)NC(=O)N(CC(=O)Nc2cccc3nsnc23)C1=O. The second-order valence-corrected chi connectivity index (χ2v) is 7.53. The van der Waals surface area contributed by atoms with Gasteiger partial charge < -0.3 is 15.4 Å². The first kappa shape index (κ1) is 21.5. The lowest BCUT2D eigenvalue weighted by atomic mass is 9.92. The zero-order valence-electron chi connectivity index (χ0n) is 16.3. The van der Waals surface area contributed by atoms with E-state index in [0.29, 0.717) is 16.7 Å². The Morgan fingerprint density at radius 2 is 1.91 bits per heavy atom. The minimum Gasteiger partial charge on any atom is -0.406 e. The number of nitrogens with zero attached hydrogens (tertiary/aromatic N) is 3. The Morgan fingerprint density at radius 1 is 1.19 bits per heavy atom. The summed E-state index contributed by atoms with van der Waals surface area (Å²) in [4.78, 5) is 38.6. The summed E-state index contributed by atoms with van der Waals surface area (Å²) in [6.45, 7) is 0.829. The number of nitrogens with one attached hydrogen (secondary N) is 2. The number of imide groups is 1. The van der Waals surface area contributed by atoms with Crippen LogP contribution in [0.3, 0.4) is 0 Å². The fraction of sp³-hybridized carbons (Fsp3) is 0.211. The molecule has 0 spiro atoms. The third-order valence-corrected chi connectivity index (χ3v) is 5.34. The number of carbonyl (C=O) groups is 3. The van der Waals surface area contributed by atoms with Crippen LogP contribution in [0.5, 0.6) is 5.75 Å². The summed E-state index contributed by atoms with van der Waals surface area (Å²) in [5.74, 6) is -1.83. The maximum absolute atomic E-state index is 12.9. The molecule has 1 aliphatic heterocycles. The van der Waals surface area contributed by atoms with Crippen LogP contribution in [0.15, 0.2) is 42.5 Å². The summed E-state index contributed by atoms with van der Waals surface area (Å²) < 4.78 is 49.0. The molecular weight excluding hydrogens is 451 g/mol. The molecule has 0 aliphatic carbocycles. The molecule has 1 aromatic heterocycles. The van der Waals surface area contributed by atoms with Gasteiger partial charge in [0.1, 0.15) is 28.9 Å². The van der Waals surface area contributed by atoms with E-state index in [1.54, 1.807) is 18.2 Å². The standard InChI is InChI=1S/C19H14F3N5O4S/c1-18(10-5-7-11(8-6-10)31-19(20,21)22)16(29)27(17(30)24-18)9-14(28)23-12-3-2-4-13-15(12)26-32-25-13/h2-8H,9H2,1H3,(H,23,28)(H,24,30). The molecule has 3 aromatic rings. The van der Waals surface area contributed by atoms with E-state index in [4.69, 9.17) is 0 Å². The first-order valence-corrected chi connectivity index (χ1v) is 9.81. The lowest BCUT2D eigenvalue weighted by Gasteiger charge is -2.22. The highest BCUT2D eigenvalue weighted by Crippen LogP contribution is 2.31. The fourth-order valence-corrected chi connectivity index (χ4v) is 3.82. The average Bonchev–Trinajstić information content (AvgIpc) is 3.27. The predicted molar refractivity (Wildman–Crippen MR) is 107 cm³/mol. The van der Waals surface area contributed by atoms with Crippen LogP contribution in [0.4, 0.5) is 23.7 Å². The van der Waals surface area contributed by atoms with Crippen molar-refractivity contribution in [1.29, 1.82) is 0 Å². The molecule has 0 bridgehead atoms. The van der Waals surface area contributed by atoms with Gasteiger partial charge in [0.2, 0.25) is 5.91 Å². The monoisotopic (exact) mass is 465 g/mol. The number of hydrogen-bond acceptors (Lipinski definition) is 7. The van der Waals surface area contributed by atoms with Crippen LogP contribution in [0, 0.1) is 0 Å². The number of aromatic nitrogens is 2. The molecule has 9 nitrogen and oxygen atoms in total. The third kappa shape index (κ3) is 4.06. The number of hydrogen-bond donors (Lipinski definition) is 2. The predicted octanol–water partition coefficient (Wildman–Crippen LogP) is 3.00. The summed E-state index contributed by atoms with van der Waals surface area (Å²) in [5.41, 5.74) is 0.123. The summed E-state index contributed by atoms with van der Waals surface area (Å²) in [5, 5.41) is 5.09. The number of urea groups is 1. The molecule has 4 rings (SSSR count). The highest BCUT2D eigenvalue weighted by atomic mass is 32.1. The molecule has 1 atom stereocenters.